The van der Waals surface area contributed by atoms with Crippen LogP contribution in [0.15, 0.2) is 16.5 Å². The summed E-state index contributed by atoms with van der Waals surface area (Å²) in [6.45, 7) is 3.93. The lowest BCUT2D eigenvalue weighted by Crippen LogP contribution is -2.47. The maximum absolute atomic E-state index is 11.3. The largest absolute Gasteiger partial charge is 0.455 e. The van der Waals surface area contributed by atoms with Crippen LogP contribution in [0.4, 0.5) is 0 Å². The standard InChI is InChI=1S/C12H19N3O4/c1-8-4-15(6-10(7-16)18-8)5-9-2-3-11(19-9)12(17)14-13/h2-3,8,10,16H,4-7,13H2,1H3,(H,14,17). The van der Waals surface area contributed by atoms with Crippen LogP contribution in [0.1, 0.15) is 23.2 Å². The van der Waals surface area contributed by atoms with E-state index in [1.165, 1.54) is 0 Å². The van der Waals surface area contributed by atoms with Gasteiger partial charge in [0.2, 0.25) is 0 Å². The van der Waals surface area contributed by atoms with E-state index in [1.54, 1.807) is 12.1 Å². The lowest BCUT2D eigenvalue weighted by atomic mass is 10.2. The van der Waals surface area contributed by atoms with Crippen molar-refractivity contribution < 1.29 is 19.1 Å². The molecular weight excluding hydrogens is 250 g/mol. The topological polar surface area (TPSA) is 101 Å². The fourth-order valence-corrected chi connectivity index (χ4v) is 2.25. The molecule has 1 aromatic rings. The second-order valence-electron chi connectivity index (χ2n) is 4.68. The van der Waals surface area contributed by atoms with Gasteiger partial charge in [0.25, 0.3) is 0 Å². The van der Waals surface area contributed by atoms with Crippen LogP contribution >= 0.6 is 0 Å². The van der Waals surface area contributed by atoms with Crippen LogP contribution in [0.2, 0.25) is 0 Å². The lowest BCUT2D eigenvalue weighted by Gasteiger charge is -2.35. The molecule has 7 nitrogen and oxygen atoms in total. The number of morpholine rings is 1. The lowest BCUT2D eigenvalue weighted by molar-refractivity contribution is -0.0983. The van der Waals surface area contributed by atoms with Crippen LogP contribution in [0.3, 0.4) is 0 Å². The fraction of sp³-hybridized carbons (Fsp3) is 0.583. The highest BCUT2D eigenvalue weighted by atomic mass is 16.5. The molecule has 1 aromatic heterocycles. The van der Waals surface area contributed by atoms with Crippen LogP contribution in [0, 0.1) is 0 Å². The summed E-state index contributed by atoms with van der Waals surface area (Å²) in [4.78, 5) is 13.4. The number of carbonyl (C=O) groups is 1. The Balaban J connectivity index is 1.96. The predicted molar refractivity (Wildman–Crippen MR) is 67.1 cm³/mol. The number of aliphatic hydroxyl groups is 1. The van der Waals surface area contributed by atoms with Gasteiger partial charge in [0.1, 0.15) is 5.76 Å². The quantitative estimate of drug-likeness (QED) is 0.386. The molecule has 2 unspecified atom stereocenters. The number of hydrazine groups is 1. The van der Waals surface area contributed by atoms with Crippen molar-refractivity contribution in [2.45, 2.75) is 25.7 Å². The van der Waals surface area contributed by atoms with Crippen LogP contribution in [0.25, 0.3) is 0 Å². The maximum atomic E-state index is 11.3. The van der Waals surface area contributed by atoms with Gasteiger partial charge in [-0.25, -0.2) is 5.84 Å². The first-order valence-electron chi connectivity index (χ1n) is 6.20. The van der Waals surface area contributed by atoms with Crippen LogP contribution < -0.4 is 11.3 Å². The summed E-state index contributed by atoms with van der Waals surface area (Å²) >= 11 is 0. The molecule has 1 amide bonds. The van der Waals surface area contributed by atoms with E-state index >= 15 is 0 Å². The van der Waals surface area contributed by atoms with Gasteiger partial charge in [-0.1, -0.05) is 0 Å². The highest BCUT2D eigenvalue weighted by Crippen LogP contribution is 2.16. The van der Waals surface area contributed by atoms with E-state index in [2.05, 4.69) is 4.90 Å². The normalized spacial score (nSPS) is 24.4. The molecule has 1 fully saturated rings. The Morgan fingerprint density at radius 3 is 3.05 bits per heavy atom. The van der Waals surface area contributed by atoms with Crippen molar-refractivity contribution >= 4 is 5.91 Å². The summed E-state index contributed by atoms with van der Waals surface area (Å²) in [6, 6.07) is 3.34. The highest BCUT2D eigenvalue weighted by Gasteiger charge is 2.25. The van der Waals surface area contributed by atoms with E-state index in [0.717, 1.165) is 6.54 Å². The smallest absolute Gasteiger partial charge is 0.300 e. The number of nitrogens with two attached hydrogens (primary N) is 1. The molecule has 2 rings (SSSR count). The summed E-state index contributed by atoms with van der Waals surface area (Å²) in [5.41, 5.74) is 2.02. The van der Waals surface area contributed by atoms with Gasteiger partial charge in [-0.05, 0) is 19.1 Å². The van der Waals surface area contributed by atoms with Crippen molar-refractivity contribution in [1.82, 2.24) is 10.3 Å². The molecule has 0 bridgehead atoms. The Morgan fingerprint density at radius 1 is 1.58 bits per heavy atom. The van der Waals surface area contributed by atoms with Crippen molar-refractivity contribution in [2.24, 2.45) is 5.84 Å². The molecule has 4 N–H and O–H groups in total. The van der Waals surface area contributed by atoms with Crippen LogP contribution in [0.5, 0.6) is 0 Å². The summed E-state index contributed by atoms with van der Waals surface area (Å²) in [6.07, 6.45) is -0.113. The molecule has 0 aromatic carbocycles. The number of carbonyl (C=O) groups excluding carboxylic acids is 1. The molecule has 0 radical (unpaired) electrons. The van der Waals surface area contributed by atoms with Gasteiger partial charge in [-0.15, -0.1) is 0 Å². The number of aliphatic hydroxyl groups excluding tert-OH is 1. The summed E-state index contributed by atoms with van der Waals surface area (Å²) in [7, 11) is 0. The molecule has 0 saturated carbocycles. The Bertz CT molecular complexity index is 434. The van der Waals surface area contributed by atoms with Crippen molar-refractivity contribution in [3.8, 4) is 0 Å². The van der Waals surface area contributed by atoms with Crippen molar-refractivity contribution in [3.05, 3.63) is 23.7 Å². The Hall–Kier alpha value is -1.41. The zero-order chi connectivity index (χ0) is 13.8. The Morgan fingerprint density at radius 2 is 2.37 bits per heavy atom. The molecule has 106 valence electrons. The molecule has 2 atom stereocenters. The minimum atomic E-state index is -0.449. The molecule has 1 aliphatic rings. The average Bonchev–Trinajstić information content (AvgIpc) is 2.85. The van der Waals surface area contributed by atoms with Crippen molar-refractivity contribution in [2.75, 3.05) is 19.7 Å². The molecule has 1 aliphatic heterocycles. The minimum Gasteiger partial charge on any atom is -0.455 e. The number of hydrogen-bond acceptors (Lipinski definition) is 6. The van der Waals surface area contributed by atoms with E-state index < -0.39 is 5.91 Å². The molecule has 1 saturated heterocycles. The number of hydrogen-bond donors (Lipinski definition) is 3. The highest BCUT2D eigenvalue weighted by molar-refractivity contribution is 5.90. The van der Waals surface area contributed by atoms with Crippen LogP contribution in [-0.2, 0) is 11.3 Å². The molecule has 0 aliphatic carbocycles. The van der Waals surface area contributed by atoms with E-state index in [1.807, 2.05) is 12.3 Å². The van der Waals surface area contributed by atoms with Crippen LogP contribution in [-0.4, -0.2) is 47.8 Å². The van der Waals surface area contributed by atoms with Gasteiger partial charge < -0.3 is 14.3 Å². The second kappa shape index (κ2) is 6.16. The SMILES string of the molecule is CC1CN(Cc2ccc(C(=O)NN)o2)CC(CO)O1. The van der Waals surface area contributed by atoms with Gasteiger partial charge in [0.15, 0.2) is 5.76 Å². The number of furan rings is 1. The van der Waals surface area contributed by atoms with Gasteiger partial charge in [-0.2, -0.15) is 0 Å². The summed E-state index contributed by atoms with van der Waals surface area (Å²) in [5, 5.41) is 9.16. The Kier molecular flexibility index (Phi) is 4.54. The van der Waals surface area contributed by atoms with Gasteiger partial charge in [0, 0.05) is 13.1 Å². The monoisotopic (exact) mass is 269 g/mol. The predicted octanol–water partition coefficient (Wildman–Crippen LogP) is -0.535. The van der Waals surface area contributed by atoms with Gasteiger partial charge >= 0.3 is 5.91 Å². The first-order valence-corrected chi connectivity index (χ1v) is 6.20. The number of nitrogen functional groups attached to an aromatic ring is 1. The molecule has 7 heteroatoms. The first-order chi connectivity index (χ1) is 9.12. The van der Waals surface area contributed by atoms with Crippen molar-refractivity contribution in [3.63, 3.8) is 0 Å². The number of amides is 1. The van der Waals surface area contributed by atoms with E-state index in [0.29, 0.717) is 18.8 Å². The number of ether oxygens (including phenoxy) is 1. The minimum absolute atomic E-state index is 0.000174. The van der Waals surface area contributed by atoms with Crippen molar-refractivity contribution in [1.29, 1.82) is 0 Å². The van der Waals surface area contributed by atoms with Gasteiger partial charge in [0.05, 0.1) is 25.4 Å². The van der Waals surface area contributed by atoms with E-state index in [-0.39, 0.29) is 24.6 Å². The third-order valence-corrected chi connectivity index (χ3v) is 3.00. The third-order valence-electron chi connectivity index (χ3n) is 3.00. The molecular formula is C12H19N3O4. The third kappa shape index (κ3) is 3.54. The first kappa shape index (κ1) is 14.0. The second-order valence-corrected chi connectivity index (χ2v) is 4.68. The maximum Gasteiger partial charge on any atom is 0.300 e. The molecule has 2 heterocycles. The van der Waals surface area contributed by atoms with Gasteiger partial charge in [-0.3, -0.25) is 15.1 Å². The number of nitrogens with one attached hydrogen (secondary N) is 1. The average molecular weight is 269 g/mol. The summed E-state index contributed by atoms with van der Waals surface area (Å²) in [5.74, 6) is 5.47. The molecule has 0 spiro atoms. The van der Waals surface area contributed by atoms with E-state index in [9.17, 15) is 4.79 Å². The summed E-state index contributed by atoms with van der Waals surface area (Å²) < 4.78 is 11.0. The number of nitrogens with zero attached hydrogens (tertiary/aromatic N) is 1. The molecule has 19 heavy (non-hydrogen) atoms. The number of rotatable bonds is 4. The van der Waals surface area contributed by atoms with E-state index in [4.69, 9.17) is 20.1 Å². The fourth-order valence-electron chi connectivity index (χ4n) is 2.25. The zero-order valence-electron chi connectivity index (χ0n) is 10.8. The zero-order valence-corrected chi connectivity index (χ0v) is 10.8. The Labute approximate surface area is 111 Å².